The number of hydrogen-bond donors (Lipinski definition) is 2. The Morgan fingerprint density at radius 1 is 1.33 bits per heavy atom. The van der Waals surface area contributed by atoms with Crippen LogP contribution in [0.2, 0.25) is 0 Å². The molecule has 1 aromatic rings. The van der Waals surface area contributed by atoms with Crippen LogP contribution in [-0.2, 0) is 4.79 Å². The molecule has 2 aliphatic heterocycles. The molecule has 2 amide bonds. The molecule has 3 atom stereocenters. The molecule has 0 spiro atoms. The van der Waals surface area contributed by atoms with Crippen LogP contribution in [0.3, 0.4) is 0 Å². The molecule has 3 unspecified atom stereocenters. The molecule has 0 aromatic carbocycles. The lowest BCUT2D eigenvalue weighted by Gasteiger charge is -2.37. The number of likely N-dealkylation sites (tertiary alicyclic amines) is 1. The van der Waals surface area contributed by atoms with Crippen LogP contribution >= 0.6 is 12.4 Å². The van der Waals surface area contributed by atoms with Gasteiger partial charge in [0.1, 0.15) is 6.04 Å². The Kier molecular flexibility index (Phi) is 6.69. The van der Waals surface area contributed by atoms with Crippen LogP contribution in [-0.4, -0.2) is 48.4 Å². The van der Waals surface area contributed by atoms with E-state index in [9.17, 15) is 9.59 Å². The van der Waals surface area contributed by atoms with Crippen molar-refractivity contribution in [3.8, 4) is 0 Å². The van der Waals surface area contributed by atoms with Gasteiger partial charge in [0.15, 0.2) is 5.76 Å². The Labute approximate surface area is 148 Å². The number of nitrogens with one attached hydrogen (secondary N) is 2. The van der Waals surface area contributed by atoms with Crippen molar-refractivity contribution in [1.82, 2.24) is 15.5 Å². The minimum atomic E-state index is -0.393. The summed E-state index contributed by atoms with van der Waals surface area (Å²) in [6.45, 7) is 4.57. The fourth-order valence-corrected chi connectivity index (χ4v) is 3.45. The molecule has 134 valence electrons. The van der Waals surface area contributed by atoms with E-state index in [4.69, 9.17) is 4.42 Å². The third-order valence-electron chi connectivity index (χ3n) is 4.95. The van der Waals surface area contributed by atoms with E-state index in [0.717, 1.165) is 32.4 Å². The number of carbonyl (C=O) groups excluding carboxylic acids is 2. The molecule has 3 heterocycles. The maximum atomic E-state index is 12.7. The Balaban J connectivity index is 0.00000208. The summed E-state index contributed by atoms with van der Waals surface area (Å²) in [5.74, 6) is 0.533. The lowest BCUT2D eigenvalue weighted by atomic mass is 9.93. The first-order chi connectivity index (χ1) is 11.2. The maximum absolute atomic E-state index is 12.7. The Bertz CT molecular complexity index is 549. The molecule has 24 heavy (non-hydrogen) atoms. The highest BCUT2D eigenvalue weighted by Crippen LogP contribution is 2.21. The average molecular weight is 356 g/mol. The highest BCUT2D eigenvalue weighted by atomic mass is 35.5. The van der Waals surface area contributed by atoms with Crippen molar-refractivity contribution >= 4 is 24.2 Å². The maximum Gasteiger partial charge on any atom is 0.290 e. The normalized spacial score (nSPS) is 27.2. The molecule has 2 N–H and O–H groups in total. The summed E-state index contributed by atoms with van der Waals surface area (Å²) in [7, 11) is 0. The van der Waals surface area contributed by atoms with Crippen LogP contribution in [0.15, 0.2) is 22.8 Å². The van der Waals surface area contributed by atoms with Gasteiger partial charge in [-0.2, -0.15) is 0 Å². The molecule has 0 saturated carbocycles. The van der Waals surface area contributed by atoms with Gasteiger partial charge in [-0.15, -0.1) is 12.4 Å². The first-order valence-electron chi connectivity index (χ1n) is 8.52. The predicted molar refractivity (Wildman–Crippen MR) is 93.2 cm³/mol. The number of amides is 2. The summed E-state index contributed by atoms with van der Waals surface area (Å²) >= 11 is 0. The fraction of sp³-hybridized carbons (Fsp3) is 0.647. The topological polar surface area (TPSA) is 74.6 Å². The summed E-state index contributed by atoms with van der Waals surface area (Å²) in [5, 5.41) is 6.46. The molecular weight excluding hydrogens is 330 g/mol. The van der Waals surface area contributed by atoms with Crippen molar-refractivity contribution in [2.75, 3.05) is 19.6 Å². The lowest BCUT2D eigenvalue weighted by molar-refractivity contribution is -0.127. The second-order valence-electron chi connectivity index (χ2n) is 6.57. The zero-order chi connectivity index (χ0) is 16.2. The number of nitrogens with zero attached hydrogens (tertiary/aromatic N) is 1. The second kappa shape index (κ2) is 8.53. The number of rotatable bonds is 3. The minimum Gasteiger partial charge on any atom is -0.459 e. The summed E-state index contributed by atoms with van der Waals surface area (Å²) in [4.78, 5) is 27.0. The van der Waals surface area contributed by atoms with Gasteiger partial charge in [0.25, 0.3) is 5.91 Å². The third-order valence-corrected chi connectivity index (χ3v) is 4.95. The van der Waals surface area contributed by atoms with Gasteiger partial charge in [-0.3, -0.25) is 9.59 Å². The number of hydrogen-bond acceptors (Lipinski definition) is 4. The molecule has 2 aliphatic rings. The van der Waals surface area contributed by atoms with Gasteiger partial charge in [0.05, 0.1) is 6.26 Å². The Hall–Kier alpha value is -1.53. The molecule has 2 saturated heterocycles. The molecule has 3 rings (SSSR count). The first kappa shape index (κ1) is 18.8. The van der Waals surface area contributed by atoms with Gasteiger partial charge >= 0.3 is 0 Å². The summed E-state index contributed by atoms with van der Waals surface area (Å²) < 4.78 is 5.21. The molecule has 0 radical (unpaired) electrons. The molecule has 2 fully saturated rings. The Morgan fingerprint density at radius 2 is 2.17 bits per heavy atom. The molecule has 1 aromatic heterocycles. The quantitative estimate of drug-likeness (QED) is 0.867. The van der Waals surface area contributed by atoms with Crippen LogP contribution in [0.4, 0.5) is 0 Å². The van der Waals surface area contributed by atoms with E-state index in [-0.39, 0.29) is 30.3 Å². The van der Waals surface area contributed by atoms with Crippen molar-refractivity contribution in [3.05, 3.63) is 24.2 Å². The van der Waals surface area contributed by atoms with E-state index in [0.29, 0.717) is 24.6 Å². The van der Waals surface area contributed by atoms with Crippen molar-refractivity contribution in [3.63, 3.8) is 0 Å². The van der Waals surface area contributed by atoms with Crippen molar-refractivity contribution < 1.29 is 14.0 Å². The number of carbonyl (C=O) groups is 2. The van der Waals surface area contributed by atoms with E-state index in [1.807, 2.05) is 0 Å². The predicted octanol–water partition coefficient (Wildman–Crippen LogP) is 1.81. The molecule has 0 bridgehead atoms. The van der Waals surface area contributed by atoms with Gasteiger partial charge < -0.3 is 20.0 Å². The number of piperidine rings is 2. The minimum absolute atomic E-state index is 0. The van der Waals surface area contributed by atoms with Gasteiger partial charge in [-0.1, -0.05) is 6.92 Å². The van der Waals surface area contributed by atoms with Gasteiger partial charge in [0.2, 0.25) is 5.91 Å². The highest BCUT2D eigenvalue weighted by Gasteiger charge is 2.35. The van der Waals surface area contributed by atoms with E-state index in [1.54, 1.807) is 17.0 Å². The highest BCUT2D eigenvalue weighted by molar-refractivity contribution is 5.95. The first-order valence-corrected chi connectivity index (χ1v) is 8.52. The van der Waals surface area contributed by atoms with Crippen LogP contribution in [0.25, 0.3) is 0 Å². The second-order valence-corrected chi connectivity index (χ2v) is 6.57. The summed E-state index contributed by atoms with van der Waals surface area (Å²) in [6.07, 6.45) is 5.16. The van der Waals surface area contributed by atoms with Crippen molar-refractivity contribution in [2.45, 2.75) is 44.7 Å². The summed E-state index contributed by atoms with van der Waals surface area (Å²) in [6, 6.07) is 3.09. The Morgan fingerprint density at radius 3 is 2.88 bits per heavy atom. The lowest BCUT2D eigenvalue weighted by Crippen LogP contribution is -2.57. The zero-order valence-electron chi connectivity index (χ0n) is 14.0. The van der Waals surface area contributed by atoms with Gasteiger partial charge in [-0.05, 0) is 50.3 Å². The van der Waals surface area contributed by atoms with Crippen LogP contribution in [0.1, 0.15) is 43.2 Å². The summed E-state index contributed by atoms with van der Waals surface area (Å²) in [5.41, 5.74) is 0. The SMILES string of the molecule is CC1CCNCC1NC(=O)C1CCCCN1C(=O)c1ccco1.Cl. The van der Waals surface area contributed by atoms with Crippen molar-refractivity contribution in [2.24, 2.45) is 5.92 Å². The van der Waals surface area contributed by atoms with Gasteiger partial charge in [0, 0.05) is 19.1 Å². The van der Waals surface area contributed by atoms with Gasteiger partial charge in [-0.25, -0.2) is 0 Å². The van der Waals surface area contributed by atoms with E-state index < -0.39 is 6.04 Å². The van der Waals surface area contributed by atoms with Crippen LogP contribution in [0.5, 0.6) is 0 Å². The molecule has 0 aliphatic carbocycles. The standard InChI is InChI=1S/C17H25N3O3.ClH/c1-12-7-8-18-11-13(12)19-16(21)14-5-2-3-9-20(14)17(22)15-6-4-10-23-15;/h4,6,10,12-14,18H,2-3,5,7-9,11H2,1H3,(H,19,21);1H. The van der Waals surface area contributed by atoms with Crippen LogP contribution in [0, 0.1) is 5.92 Å². The van der Waals surface area contributed by atoms with E-state index in [2.05, 4.69) is 17.6 Å². The largest absolute Gasteiger partial charge is 0.459 e. The smallest absolute Gasteiger partial charge is 0.290 e. The molecular formula is C17H26ClN3O3. The van der Waals surface area contributed by atoms with Crippen LogP contribution < -0.4 is 10.6 Å². The number of halogens is 1. The monoisotopic (exact) mass is 355 g/mol. The van der Waals surface area contributed by atoms with E-state index >= 15 is 0 Å². The average Bonchev–Trinajstić information content (AvgIpc) is 3.11. The van der Waals surface area contributed by atoms with E-state index in [1.165, 1.54) is 6.26 Å². The number of furan rings is 1. The fourth-order valence-electron chi connectivity index (χ4n) is 3.45. The molecule has 7 heteroatoms. The molecule has 6 nitrogen and oxygen atoms in total. The zero-order valence-corrected chi connectivity index (χ0v) is 14.8. The van der Waals surface area contributed by atoms with Crippen molar-refractivity contribution in [1.29, 1.82) is 0 Å². The third kappa shape index (κ3) is 4.11.